The average Bonchev–Trinajstić information content (AvgIpc) is 2.75. The number of thiophene rings is 1. The molecule has 2 atom stereocenters. The van der Waals surface area contributed by atoms with Gasteiger partial charge in [0.25, 0.3) is 5.56 Å². The standard InChI is InChI=1S/C15H19N3O2S/c1-7-4-5-10-11(6-7)21-14-12(10)15(20)18(9(3)17-14)8(2)13(16)19/h7-8H,4-6H2,1-3H3,(H2,16,19). The summed E-state index contributed by atoms with van der Waals surface area (Å²) in [6.45, 7) is 5.63. The Morgan fingerprint density at radius 2 is 2.24 bits per heavy atom. The van der Waals surface area contributed by atoms with Gasteiger partial charge in [-0.05, 0) is 44.6 Å². The number of primary amides is 1. The zero-order valence-corrected chi connectivity index (χ0v) is 13.3. The van der Waals surface area contributed by atoms with Crippen LogP contribution in [-0.4, -0.2) is 15.5 Å². The van der Waals surface area contributed by atoms with Gasteiger partial charge in [-0.25, -0.2) is 4.98 Å². The molecule has 0 bridgehead atoms. The van der Waals surface area contributed by atoms with Gasteiger partial charge < -0.3 is 5.73 Å². The highest BCUT2D eigenvalue weighted by Gasteiger charge is 2.25. The van der Waals surface area contributed by atoms with E-state index in [4.69, 9.17) is 5.73 Å². The molecule has 0 spiro atoms. The molecule has 112 valence electrons. The Balaban J connectivity index is 2.29. The molecule has 0 fully saturated rings. The Morgan fingerprint density at radius 3 is 2.90 bits per heavy atom. The normalized spacial score (nSPS) is 19.5. The Labute approximate surface area is 126 Å². The van der Waals surface area contributed by atoms with Crippen LogP contribution in [0.1, 0.15) is 42.6 Å². The topological polar surface area (TPSA) is 78.0 Å². The number of nitrogens with two attached hydrogens (primary N) is 1. The van der Waals surface area contributed by atoms with Crippen molar-refractivity contribution in [2.75, 3.05) is 0 Å². The number of fused-ring (bicyclic) bond motifs is 3. The van der Waals surface area contributed by atoms with Crippen LogP contribution < -0.4 is 11.3 Å². The fraction of sp³-hybridized carbons (Fsp3) is 0.533. The second-order valence-electron chi connectivity index (χ2n) is 5.94. The maximum Gasteiger partial charge on any atom is 0.263 e. The molecule has 2 unspecified atom stereocenters. The third-order valence-corrected chi connectivity index (χ3v) is 5.49. The Bertz CT molecular complexity index is 790. The van der Waals surface area contributed by atoms with E-state index in [2.05, 4.69) is 11.9 Å². The number of amides is 1. The van der Waals surface area contributed by atoms with Crippen molar-refractivity contribution in [3.8, 4) is 0 Å². The molecular weight excluding hydrogens is 286 g/mol. The van der Waals surface area contributed by atoms with E-state index >= 15 is 0 Å². The first kappa shape index (κ1) is 14.3. The van der Waals surface area contributed by atoms with E-state index in [0.29, 0.717) is 17.1 Å². The average molecular weight is 305 g/mol. The number of aryl methyl sites for hydroxylation is 2. The number of rotatable bonds is 2. The first-order valence-electron chi connectivity index (χ1n) is 7.22. The molecule has 5 nitrogen and oxygen atoms in total. The van der Waals surface area contributed by atoms with Crippen molar-refractivity contribution in [2.24, 2.45) is 11.7 Å². The number of nitrogens with zero attached hydrogens (tertiary/aromatic N) is 2. The zero-order chi connectivity index (χ0) is 15.3. The minimum atomic E-state index is -0.674. The van der Waals surface area contributed by atoms with Gasteiger partial charge in [-0.2, -0.15) is 0 Å². The largest absolute Gasteiger partial charge is 0.368 e. The molecule has 1 aliphatic carbocycles. The monoisotopic (exact) mass is 305 g/mol. The van der Waals surface area contributed by atoms with Gasteiger partial charge in [0.1, 0.15) is 16.7 Å². The summed E-state index contributed by atoms with van der Waals surface area (Å²) >= 11 is 1.62. The molecule has 2 aromatic rings. The highest BCUT2D eigenvalue weighted by Crippen LogP contribution is 2.35. The van der Waals surface area contributed by atoms with E-state index < -0.39 is 11.9 Å². The van der Waals surface area contributed by atoms with E-state index in [9.17, 15) is 9.59 Å². The van der Waals surface area contributed by atoms with Crippen molar-refractivity contribution >= 4 is 27.5 Å². The predicted molar refractivity (Wildman–Crippen MR) is 83.7 cm³/mol. The minimum Gasteiger partial charge on any atom is -0.368 e. The Hall–Kier alpha value is -1.69. The molecule has 0 radical (unpaired) electrons. The molecule has 3 rings (SSSR count). The van der Waals surface area contributed by atoms with Gasteiger partial charge in [0, 0.05) is 4.88 Å². The number of carbonyl (C=O) groups excluding carboxylic acids is 1. The highest BCUT2D eigenvalue weighted by molar-refractivity contribution is 7.18. The molecule has 21 heavy (non-hydrogen) atoms. The number of carbonyl (C=O) groups is 1. The summed E-state index contributed by atoms with van der Waals surface area (Å²) in [7, 11) is 0. The first-order valence-corrected chi connectivity index (χ1v) is 8.04. The van der Waals surface area contributed by atoms with Crippen LogP contribution in [0.5, 0.6) is 0 Å². The lowest BCUT2D eigenvalue weighted by Gasteiger charge is -2.18. The maximum absolute atomic E-state index is 12.8. The SMILES string of the molecule is Cc1nc2sc3c(c2c(=O)n1C(C)C(N)=O)CCC(C)C3. The van der Waals surface area contributed by atoms with E-state index in [1.165, 1.54) is 9.44 Å². The molecule has 1 aliphatic rings. The van der Waals surface area contributed by atoms with Crippen LogP contribution in [0.3, 0.4) is 0 Å². The van der Waals surface area contributed by atoms with Gasteiger partial charge in [-0.15, -0.1) is 11.3 Å². The lowest BCUT2D eigenvalue weighted by atomic mass is 9.89. The van der Waals surface area contributed by atoms with Gasteiger partial charge in [0.15, 0.2) is 0 Å². The molecule has 1 amide bonds. The summed E-state index contributed by atoms with van der Waals surface area (Å²) in [6.07, 6.45) is 3.03. The predicted octanol–water partition coefficient (Wildman–Crippen LogP) is 1.94. The summed E-state index contributed by atoms with van der Waals surface area (Å²) in [5.41, 5.74) is 6.36. The molecule has 0 saturated heterocycles. The molecule has 2 aromatic heterocycles. The number of hydrogen-bond acceptors (Lipinski definition) is 4. The molecule has 0 saturated carbocycles. The second kappa shape index (κ2) is 4.94. The Kier molecular flexibility index (Phi) is 3.36. The van der Waals surface area contributed by atoms with Gasteiger partial charge in [0.2, 0.25) is 5.91 Å². The minimum absolute atomic E-state index is 0.129. The molecular formula is C15H19N3O2S. The Morgan fingerprint density at radius 1 is 1.52 bits per heavy atom. The van der Waals surface area contributed by atoms with E-state index in [1.807, 2.05) is 0 Å². The maximum atomic E-state index is 12.8. The number of aromatic nitrogens is 2. The van der Waals surface area contributed by atoms with Gasteiger partial charge in [-0.1, -0.05) is 6.92 Å². The van der Waals surface area contributed by atoms with Gasteiger partial charge in [0.05, 0.1) is 5.39 Å². The second-order valence-corrected chi connectivity index (χ2v) is 7.03. The van der Waals surface area contributed by atoms with E-state index in [0.717, 1.165) is 29.7 Å². The third-order valence-electron chi connectivity index (χ3n) is 4.34. The molecule has 0 aliphatic heterocycles. The van der Waals surface area contributed by atoms with E-state index in [-0.39, 0.29) is 5.56 Å². The van der Waals surface area contributed by atoms with Crippen molar-refractivity contribution in [3.63, 3.8) is 0 Å². The smallest absolute Gasteiger partial charge is 0.263 e. The van der Waals surface area contributed by atoms with Crippen LogP contribution in [0.25, 0.3) is 10.2 Å². The van der Waals surface area contributed by atoms with Gasteiger partial charge >= 0.3 is 0 Å². The van der Waals surface area contributed by atoms with Crippen LogP contribution in [0.15, 0.2) is 4.79 Å². The summed E-state index contributed by atoms with van der Waals surface area (Å²) < 4.78 is 1.43. The lowest BCUT2D eigenvalue weighted by molar-refractivity contribution is -0.120. The van der Waals surface area contributed by atoms with Crippen molar-refractivity contribution < 1.29 is 4.79 Å². The fourth-order valence-electron chi connectivity index (χ4n) is 3.09. The number of hydrogen-bond donors (Lipinski definition) is 1. The lowest BCUT2D eigenvalue weighted by Crippen LogP contribution is -2.34. The first-order chi connectivity index (χ1) is 9.90. The summed E-state index contributed by atoms with van der Waals surface area (Å²) in [5, 5.41) is 0.695. The molecule has 2 N–H and O–H groups in total. The fourth-order valence-corrected chi connectivity index (χ4v) is 4.51. The molecule has 2 heterocycles. The van der Waals surface area contributed by atoms with Crippen molar-refractivity contribution in [1.29, 1.82) is 0 Å². The van der Waals surface area contributed by atoms with Crippen molar-refractivity contribution in [1.82, 2.24) is 9.55 Å². The third kappa shape index (κ3) is 2.18. The van der Waals surface area contributed by atoms with Crippen LogP contribution in [0.2, 0.25) is 0 Å². The van der Waals surface area contributed by atoms with Crippen LogP contribution in [0, 0.1) is 12.8 Å². The van der Waals surface area contributed by atoms with Crippen LogP contribution in [0.4, 0.5) is 0 Å². The summed E-state index contributed by atoms with van der Waals surface area (Å²) in [6, 6.07) is -0.674. The quantitative estimate of drug-likeness (QED) is 0.921. The molecule has 6 heteroatoms. The highest BCUT2D eigenvalue weighted by atomic mass is 32.1. The molecule has 0 aromatic carbocycles. The van der Waals surface area contributed by atoms with Crippen molar-refractivity contribution in [2.45, 2.75) is 46.1 Å². The zero-order valence-electron chi connectivity index (χ0n) is 12.5. The van der Waals surface area contributed by atoms with E-state index in [1.54, 1.807) is 25.2 Å². The summed E-state index contributed by atoms with van der Waals surface area (Å²) in [5.74, 6) is 0.683. The van der Waals surface area contributed by atoms with Crippen LogP contribution >= 0.6 is 11.3 Å². The van der Waals surface area contributed by atoms with Crippen molar-refractivity contribution in [3.05, 3.63) is 26.6 Å². The van der Waals surface area contributed by atoms with Crippen LogP contribution in [-0.2, 0) is 17.6 Å². The van der Waals surface area contributed by atoms with Gasteiger partial charge in [-0.3, -0.25) is 14.2 Å². The summed E-state index contributed by atoms with van der Waals surface area (Å²) in [4.78, 5) is 30.9.